The van der Waals surface area contributed by atoms with Crippen LogP contribution in [0.4, 0.5) is 0 Å². The Bertz CT molecular complexity index is 1230. The molecule has 2 heterocycles. The summed E-state index contributed by atoms with van der Waals surface area (Å²) >= 11 is 0. The highest BCUT2D eigenvalue weighted by molar-refractivity contribution is 5.27. The van der Waals surface area contributed by atoms with Crippen LogP contribution in [0.3, 0.4) is 0 Å². The van der Waals surface area contributed by atoms with E-state index in [1.807, 2.05) is 6.92 Å². The van der Waals surface area contributed by atoms with Gasteiger partial charge in [-0.1, -0.05) is 32.4 Å². The minimum atomic E-state index is -1.64. The summed E-state index contributed by atoms with van der Waals surface area (Å²) in [6.45, 7) is 9.18. The fourth-order valence-electron chi connectivity index (χ4n) is 11.4. The number of hydrogen-bond donors (Lipinski definition) is 9. The maximum atomic E-state index is 11.6. The van der Waals surface area contributed by atoms with E-state index >= 15 is 0 Å². The van der Waals surface area contributed by atoms with E-state index in [1.165, 1.54) is 5.57 Å². The largest absolute Gasteiger partial charge is 0.394 e. The predicted octanol–water partition coefficient (Wildman–Crippen LogP) is 0.733. The summed E-state index contributed by atoms with van der Waals surface area (Å²) in [5.41, 5.74) is -0.164. The maximum absolute atomic E-state index is 11.6. The van der Waals surface area contributed by atoms with Crippen molar-refractivity contribution in [1.29, 1.82) is 0 Å². The topological polar surface area (TPSA) is 219 Å². The summed E-state index contributed by atoms with van der Waals surface area (Å²) in [4.78, 5) is 0. The highest BCUT2D eigenvalue weighted by Crippen LogP contribution is 2.67. The first-order chi connectivity index (χ1) is 23.9. The van der Waals surface area contributed by atoms with Gasteiger partial charge in [-0.3, -0.25) is 0 Å². The lowest BCUT2D eigenvalue weighted by Crippen LogP contribution is -2.64. The Morgan fingerprint density at radius 3 is 2.35 bits per heavy atom. The van der Waals surface area contributed by atoms with Gasteiger partial charge in [-0.2, -0.15) is 0 Å². The Morgan fingerprint density at radius 2 is 1.67 bits per heavy atom. The highest BCUT2D eigenvalue weighted by atomic mass is 16.8. The third-order valence-corrected chi connectivity index (χ3v) is 14.3. The van der Waals surface area contributed by atoms with Gasteiger partial charge in [0, 0.05) is 5.41 Å². The molecule has 3 saturated carbocycles. The molecule has 2 saturated heterocycles. The van der Waals surface area contributed by atoms with Crippen molar-refractivity contribution >= 4 is 0 Å². The fourth-order valence-corrected chi connectivity index (χ4v) is 11.4. The summed E-state index contributed by atoms with van der Waals surface area (Å²) in [5, 5.41) is 96.0. The molecule has 0 radical (unpaired) electrons. The minimum absolute atomic E-state index is 0.0781. The van der Waals surface area contributed by atoms with Crippen molar-refractivity contribution < 1.29 is 64.9 Å². The molecular weight excluding hydrogens is 664 g/mol. The van der Waals surface area contributed by atoms with E-state index in [1.54, 1.807) is 13.8 Å². The number of aliphatic hydroxyl groups is 9. The molecular formula is C38H64O13. The molecule has 6 rings (SSSR count). The maximum Gasteiger partial charge on any atom is 0.187 e. The van der Waals surface area contributed by atoms with Gasteiger partial charge in [-0.25, -0.2) is 0 Å². The van der Waals surface area contributed by atoms with Crippen molar-refractivity contribution in [3.05, 3.63) is 11.6 Å². The van der Waals surface area contributed by atoms with Crippen LogP contribution in [0.5, 0.6) is 0 Å². The molecule has 2 aliphatic heterocycles. The van der Waals surface area contributed by atoms with E-state index in [0.29, 0.717) is 25.7 Å². The lowest BCUT2D eigenvalue weighted by molar-refractivity contribution is -0.367. The zero-order valence-corrected chi connectivity index (χ0v) is 30.8. The van der Waals surface area contributed by atoms with Crippen molar-refractivity contribution in [2.75, 3.05) is 13.2 Å². The summed E-state index contributed by atoms with van der Waals surface area (Å²) in [5.74, 6) is 0.488. The number of hydrogen-bond acceptors (Lipinski definition) is 13. The van der Waals surface area contributed by atoms with Crippen LogP contribution in [0, 0.1) is 40.4 Å². The molecule has 0 aromatic heterocycles. The lowest BCUT2D eigenvalue weighted by atomic mass is 9.46. The van der Waals surface area contributed by atoms with E-state index in [0.717, 1.165) is 32.1 Å². The average Bonchev–Trinajstić information content (AvgIpc) is 3.35. The number of ether oxygens (including phenoxy) is 4. The molecule has 19 atom stereocenters. The molecule has 6 aliphatic rings. The smallest absolute Gasteiger partial charge is 0.187 e. The van der Waals surface area contributed by atoms with E-state index in [4.69, 9.17) is 18.9 Å². The Hall–Kier alpha value is -0.780. The number of rotatable bonds is 10. The second-order valence-electron chi connectivity index (χ2n) is 17.9. The van der Waals surface area contributed by atoms with Crippen LogP contribution in [0.2, 0.25) is 0 Å². The summed E-state index contributed by atoms with van der Waals surface area (Å²) in [6.07, 6.45) is -5.29. The number of allylic oxidation sites excluding steroid dienone is 1. The van der Waals surface area contributed by atoms with Gasteiger partial charge in [0.05, 0.1) is 37.1 Å². The summed E-state index contributed by atoms with van der Waals surface area (Å²) < 4.78 is 24.3. The predicted molar refractivity (Wildman–Crippen MR) is 183 cm³/mol. The first kappa shape index (κ1) is 39.9. The van der Waals surface area contributed by atoms with Crippen LogP contribution in [0.1, 0.15) is 92.4 Å². The molecule has 294 valence electrons. The second kappa shape index (κ2) is 15.0. The Labute approximate surface area is 301 Å². The fraction of sp³-hybridized carbons (Fsp3) is 0.947. The Balaban J connectivity index is 1.24. The zero-order chi connectivity index (χ0) is 37.2. The first-order valence-corrected chi connectivity index (χ1v) is 19.3. The molecule has 0 bridgehead atoms. The number of fused-ring (bicyclic) bond motifs is 5. The number of aliphatic hydroxyl groups excluding tert-OH is 8. The quantitative estimate of drug-likeness (QED) is 0.142. The third kappa shape index (κ3) is 7.23. The van der Waals surface area contributed by atoms with Crippen LogP contribution in [-0.4, -0.2) is 138 Å². The van der Waals surface area contributed by atoms with Crippen LogP contribution in [0.15, 0.2) is 11.6 Å². The van der Waals surface area contributed by atoms with Gasteiger partial charge < -0.3 is 64.9 Å². The van der Waals surface area contributed by atoms with E-state index in [-0.39, 0.29) is 47.7 Å². The van der Waals surface area contributed by atoms with Crippen LogP contribution in [-0.2, 0) is 18.9 Å². The average molecular weight is 729 g/mol. The van der Waals surface area contributed by atoms with Crippen LogP contribution >= 0.6 is 0 Å². The molecule has 0 amide bonds. The lowest BCUT2D eigenvalue weighted by Gasteiger charge is -2.60. The Morgan fingerprint density at radius 1 is 0.941 bits per heavy atom. The van der Waals surface area contributed by atoms with Gasteiger partial charge >= 0.3 is 0 Å². The monoisotopic (exact) mass is 728 g/mol. The molecule has 0 aromatic carbocycles. The van der Waals surface area contributed by atoms with E-state index in [9.17, 15) is 46.0 Å². The second-order valence-corrected chi connectivity index (χ2v) is 17.9. The first-order valence-electron chi connectivity index (χ1n) is 19.3. The molecule has 51 heavy (non-hydrogen) atoms. The van der Waals surface area contributed by atoms with Gasteiger partial charge in [0.1, 0.15) is 42.7 Å². The van der Waals surface area contributed by atoms with Gasteiger partial charge in [0.15, 0.2) is 12.6 Å². The summed E-state index contributed by atoms with van der Waals surface area (Å²) in [7, 11) is 0. The molecule has 0 spiro atoms. The molecule has 13 nitrogen and oxygen atoms in total. The molecule has 9 N–H and O–H groups in total. The molecule has 13 heteroatoms. The Kier molecular flexibility index (Phi) is 11.8. The normalized spacial score (nSPS) is 50.1. The van der Waals surface area contributed by atoms with Crippen molar-refractivity contribution in [1.82, 2.24) is 0 Å². The van der Waals surface area contributed by atoms with Crippen LogP contribution < -0.4 is 0 Å². The molecule has 5 fully saturated rings. The van der Waals surface area contributed by atoms with Crippen LogP contribution in [0.25, 0.3) is 0 Å². The standard InChI is InChI=1S/C38H64O13/c1-18(23(40)12-13-36(2,3)47)28-24(41)15-22-20-10-9-19-7-6-8-27(38(19,5)21(20)11-14-37(22,28)4)50-35-33(31(45)30(44)26(16-39)49-35)51-34-32(46)29(43)25(42)17-48-34/h9,18,20-35,39-47H,6-8,10-17H2,1-5H3/t18-,20-,21+,22+,23+,24+,25-,26-,27-,28+,29+,30-,31+,32-,33-,34+,35+,37+,38+/m1/s1. The van der Waals surface area contributed by atoms with Crippen molar-refractivity contribution in [3.63, 3.8) is 0 Å². The van der Waals surface area contributed by atoms with Gasteiger partial charge in [-0.05, 0) is 107 Å². The summed E-state index contributed by atoms with van der Waals surface area (Å²) in [6, 6.07) is 0. The molecule has 0 unspecified atom stereocenters. The van der Waals surface area contributed by atoms with E-state index in [2.05, 4.69) is 19.9 Å². The van der Waals surface area contributed by atoms with Crippen molar-refractivity contribution in [2.24, 2.45) is 40.4 Å². The van der Waals surface area contributed by atoms with Crippen molar-refractivity contribution in [3.8, 4) is 0 Å². The SMILES string of the molecule is C[C@@H]([C@H]1[C@@H](O)C[C@H]2[C@@H]3CC=C4CCC[C@@H](O[C@@H]5O[C@H](CO)[C@@H](O)[C@H](O)[C@H]5O[C@@H]5OC[C@@H](O)[C@H](O)[C@H]5O)[C@]4(C)[C@H]3CC[C@]12C)[C@@H](O)CCC(C)(C)O. The minimum Gasteiger partial charge on any atom is -0.394 e. The van der Waals surface area contributed by atoms with Crippen molar-refractivity contribution in [2.45, 2.75) is 172 Å². The van der Waals surface area contributed by atoms with Gasteiger partial charge in [0.25, 0.3) is 0 Å². The highest BCUT2D eigenvalue weighted by Gasteiger charge is 2.64. The zero-order valence-electron chi connectivity index (χ0n) is 30.8. The molecule has 0 aromatic rings. The van der Waals surface area contributed by atoms with Gasteiger partial charge in [0.2, 0.25) is 0 Å². The van der Waals surface area contributed by atoms with Gasteiger partial charge in [-0.15, -0.1) is 0 Å². The molecule has 4 aliphatic carbocycles. The van der Waals surface area contributed by atoms with E-state index < -0.39 is 85.1 Å². The third-order valence-electron chi connectivity index (χ3n) is 14.3.